The number of carbonyl (C=O) groups excluding carboxylic acids is 1. The van der Waals surface area contributed by atoms with E-state index >= 15 is 0 Å². The van der Waals surface area contributed by atoms with Crippen molar-refractivity contribution in [2.75, 3.05) is 12.3 Å². The van der Waals surface area contributed by atoms with Crippen LogP contribution in [0.3, 0.4) is 0 Å². The molecule has 1 aliphatic rings. The molecule has 0 unspecified atom stereocenters. The molecule has 32 heavy (non-hydrogen) atoms. The van der Waals surface area contributed by atoms with Gasteiger partial charge in [0.15, 0.2) is 40.5 Å². The fourth-order valence-electron chi connectivity index (χ4n) is 3.18. The molecule has 7 N–H and O–H groups in total. The third-order valence-electron chi connectivity index (χ3n) is 4.81. The summed E-state index contributed by atoms with van der Waals surface area (Å²) in [4.78, 5) is 46.6. The number of hydrogen-bond donors (Lipinski definition) is 6. The fraction of sp³-hybridized carbons (Fsp3) is 0.353. The summed E-state index contributed by atoms with van der Waals surface area (Å²) >= 11 is 0. The third kappa shape index (κ3) is 3.69. The minimum Gasteiger partial charge on any atom is -0.394 e. The number of rotatable bonds is 3. The molecule has 1 saturated heterocycles. The van der Waals surface area contributed by atoms with Crippen molar-refractivity contribution in [3.63, 3.8) is 0 Å². The molecule has 0 radical (unpaired) electrons. The van der Waals surface area contributed by atoms with Gasteiger partial charge in [0.25, 0.3) is 5.56 Å². The molecule has 1 aliphatic heterocycles. The topological polar surface area (TPSA) is 231 Å². The van der Waals surface area contributed by atoms with Crippen LogP contribution < -0.4 is 11.3 Å². The lowest BCUT2D eigenvalue weighted by Gasteiger charge is -2.16. The maximum Gasteiger partial charge on any atom is 0.277 e. The number of aromatic amines is 2. The molecule has 1 fully saturated rings. The molecule has 4 aromatic heterocycles. The third-order valence-corrected chi connectivity index (χ3v) is 4.81. The van der Waals surface area contributed by atoms with Crippen molar-refractivity contribution in [1.29, 1.82) is 0 Å². The Bertz CT molecular complexity index is 1330. The molecule has 0 spiro atoms. The second kappa shape index (κ2) is 8.39. The van der Waals surface area contributed by atoms with Gasteiger partial charge in [-0.25, -0.2) is 24.9 Å². The predicted molar refractivity (Wildman–Crippen MR) is 107 cm³/mol. The number of nitrogen functional groups attached to an aromatic ring is 1. The molecule has 0 amide bonds. The Morgan fingerprint density at radius 2 is 2.03 bits per heavy atom. The zero-order valence-electron chi connectivity index (χ0n) is 16.6. The first-order chi connectivity index (χ1) is 15.3. The summed E-state index contributed by atoms with van der Waals surface area (Å²) in [5, 5.41) is 28.7. The van der Waals surface area contributed by atoms with E-state index in [1.165, 1.54) is 30.5 Å². The van der Waals surface area contributed by atoms with Crippen LogP contribution in [0.25, 0.3) is 22.3 Å². The number of carbonyl (C=O) groups is 1. The zero-order chi connectivity index (χ0) is 23.0. The Labute approximate surface area is 178 Å². The number of aromatic nitrogens is 8. The van der Waals surface area contributed by atoms with Crippen molar-refractivity contribution in [2.24, 2.45) is 0 Å². The van der Waals surface area contributed by atoms with Crippen LogP contribution >= 0.6 is 0 Å². The first kappa shape index (κ1) is 21.4. The summed E-state index contributed by atoms with van der Waals surface area (Å²) in [6.07, 6.45) is -0.0650. The molecule has 168 valence electrons. The smallest absolute Gasteiger partial charge is 0.277 e. The zero-order valence-corrected chi connectivity index (χ0v) is 16.6. The summed E-state index contributed by atoms with van der Waals surface area (Å²) in [5.74, 6) is -0.0397. The summed E-state index contributed by atoms with van der Waals surface area (Å²) < 4.78 is 6.85. The molecular formula is C17H19N9O6. The first-order valence-corrected chi connectivity index (χ1v) is 9.31. The SMILES string of the molecule is CC(=O)c1nc2nc[nH]c2c(=O)[nH]1.Nc1ncnc2c1ncn2[C@@H]1O[C@H](CO)[C@@H](O)[C@H]1O. The van der Waals surface area contributed by atoms with Gasteiger partial charge in [-0.05, 0) is 0 Å². The highest BCUT2D eigenvalue weighted by Crippen LogP contribution is 2.31. The maximum atomic E-state index is 11.2. The van der Waals surface area contributed by atoms with Crippen molar-refractivity contribution in [3.05, 3.63) is 35.2 Å². The van der Waals surface area contributed by atoms with Crippen LogP contribution in [0.4, 0.5) is 5.82 Å². The van der Waals surface area contributed by atoms with Gasteiger partial charge >= 0.3 is 0 Å². The number of ether oxygens (including phenoxy) is 1. The van der Waals surface area contributed by atoms with Gasteiger partial charge in [-0.1, -0.05) is 0 Å². The fourth-order valence-corrected chi connectivity index (χ4v) is 3.18. The minimum atomic E-state index is -1.19. The van der Waals surface area contributed by atoms with Crippen molar-refractivity contribution < 1.29 is 24.9 Å². The van der Waals surface area contributed by atoms with Crippen molar-refractivity contribution in [1.82, 2.24) is 39.5 Å². The highest BCUT2D eigenvalue weighted by atomic mass is 16.6. The van der Waals surface area contributed by atoms with E-state index in [1.807, 2.05) is 0 Å². The lowest BCUT2D eigenvalue weighted by atomic mass is 10.1. The van der Waals surface area contributed by atoms with Crippen LogP contribution in [0.2, 0.25) is 0 Å². The molecule has 5 rings (SSSR count). The molecular weight excluding hydrogens is 426 g/mol. The van der Waals surface area contributed by atoms with Gasteiger partial charge in [0.2, 0.25) is 0 Å². The Hall–Kier alpha value is -3.79. The number of Topliss-reactive ketones (excluding diaryl/α,β-unsaturated/α-hetero) is 1. The van der Waals surface area contributed by atoms with E-state index in [0.717, 1.165) is 0 Å². The van der Waals surface area contributed by atoms with Crippen molar-refractivity contribution >= 4 is 33.9 Å². The second-order valence-corrected chi connectivity index (χ2v) is 6.88. The number of aliphatic hydroxyl groups is 3. The average molecular weight is 445 g/mol. The standard InChI is InChI=1S/C10H13N5O4.C7H6N4O2/c11-8-5-9(13-2-12-8)15(3-14-5)10-7(18)6(17)4(1-16)19-10;1-3(12)5-10-6-4(7(13)11-5)8-2-9-6/h2-4,6-7,10,16-18H,1H2,(H2,11,12,13);2H,1H3,(H2,8,9,10,11,13)/t4-,6-,7-,10-;/m1./s1. The van der Waals surface area contributed by atoms with Crippen LogP contribution in [0.5, 0.6) is 0 Å². The highest BCUT2D eigenvalue weighted by molar-refractivity contribution is 5.91. The van der Waals surface area contributed by atoms with Crippen LogP contribution in [-0.4, -0.2) is 85.5 Å². The molecule has 4 aromatic rings. The van der Waals surface area contributed by atoms with Crippen LogP contribution in [-0.2, 0) is 4.74 Å². The summed E-state index contributed by atoms with van der Waals surface area (Å²) in [6, 6.07) is 0. The minimum absolute atomic E-state index is 0.0320. The number of ketones is 1. The van der Waals surface area contributed by atoms with E-state index < -0.39 is 31.1 Å². The molecule has 0 aliphatic carbocycles. The number of nitrogens with two attached hydrogens (primary N) is 1. The molecule has 15 nitrogen and oxygen atoms in total. The number of anilines is 1. The van der Waals surface area contributed by atoms with E-state index in [9.17, 15) is 19.8 Å². The highest BCUT2D eigenvalue weighted by Gasteiger charge is 2.43. The van der Waals surface area contributed by atoms with Crippen molar-refractivity contribution in [3.8, 4) is 0 Å². The molecule has 0 aromatic carbocycles. The predicted octanol–water partition coefficient (Wildman–Crippen LogP) is -2.13. The Balaban J connectivity index is 0.000000165. The number of hydrogen-bond acceptors (Lipinski definition) is 12. The second-order valence-electron chi connectivity index (χ2n) is 6.88. The summed E-state index contributed by atoms with van der Waals surface area (Å²) in [5.41, 5.74) is 6.60. The van der Waals surface area contributed by atoms with Gasteiger partial charge in [-0.15, -0.1) is 0 Å². The molecule has 15 heteroatoms. The lowest BCUT2D eigenvalue weighted by Crippen LogP contribution is -2.33. The number of H-pyrrole nitrogens is 2. The van der Waals surface area contributed by atoms with Gasteiger partial charge in [-0.3, -0.25) is 14.2 Å². The number of fused-ring (bicyclic) bond motifs is 2. The van der Waals surface area contributed by atoms with E-state index in [1.54, 1.807) is 0 Å². The van der Waals surface area contributed by atoms with Crippen LogP contribution in [0.15, 0.2) is 23.8 Å². The quantitative estimate of drug-likeness (QED) is 0.186. The Morgan fingerprint density at radius 1 is 1.25 bits per heavy atom. The normalized spacial score (nSPS) is 22.8. The monoisotopic (exact) mass is 445 g/mol. The van der Waals surface area contributed by atoms with Crippen LogP contribution in [0, 0.1) is 0 Å². The maximum absolute atomic E-state index is 11.2. The molecule has 0 bridgehead atoms. The number of nitrogens with one attached hydrogen (secondary N) is 2. The van der Waals surface area contributed by atoms with E-state index in [4.69, 9.17) is 15.6 Å². The molecule has 0 saturated carbocycles. The Kier molecular flexibility index (Phi) is 5.62. The Morgan fingerprint density at radius 3 is 2.72 bits per heavy atom. The average Bonchev–Trinajstić information content (AvgIpc) is 3.48. The van der Waals surface area contributed by atoms with Gasteiger partial charge in [-0.2, -0.15) is 0 Å². The van der Waals surface area contributed by atoms with Gasteiger partial charge < -0.3 is 35.8 Å². The number of aliphatic hydroxyl groups excluding tert-OH is 3. The van der Waals surface area contributed by atoms with E-state index in [2.05, 4.69) is 34.9 Å². The van der Waals surface area contributed by atoms with Gasteiger partial charge in [0.1, 0.15) is 30.2 Å². The number of imidazole rings is 2. The van der Waals surface area contributed by atoms with Gasteiger partial charge in [0, 0.05) is 6.92 Å². The van der Waals surface area contributed by atoms with E-state index in [0.29, 0.717) is 11.2 Å². The first-order valence-electron chi connectivity index (χ1n) is 9.31. The summed E-state index contributed by atoms with van der Waals surface area (Å²) in [7, 11) is 0. The summed E-state index contributed by atoms with van der Waals surface area (Å²) in [6.45, 7) is 0.940. The van der Waals surface area contributed by atoms with Gasteiger partial charge in [0.05, 0.1) is 19.3 Å². The number of nitrogens with zero attached hydrogens (tertiary/aromatic N) is 6. The molecule has 5 heterocycles. The van der Waals surface area contributed by atoms with Crippen molar-refractivity contribution in [2.45, 2.75) is 31.5 Å². The van der Waals surface area contributed by atoms with Crippen LogP contribution in [0.1, 0.15) is 23.8 Å². The van der Waals surface area contributed by atoms with E-state index in [-0.39, 0.29) is 34.1 Å². The molecule has 4 atom stereocenters. The lowest BCUT2D eigenvalue weighted by molar-refractivity contribution is -0.0511. The largest absolute Gasteiger partial charge is 0.394 e.